The van der Waals surface area contributed by atoms with Crippen molar-refractivity contribution in [2.45, 2.75) is 45.5 Å². The summed E-state index contributed by atoms with van der Waals surface area (Å²) < 4.78 is 7.92. The number of anilines is 1. The Morgan fingerprint density at radius 1 is 1.19 bits per heavy atom. The minimum atomic E-state index is -0.203. The molecule has 0 radical (unpaired) electrons. The topological polar surface area (TPSA) is 92.8 Å². The number of aromatic nitrogens is 3. The molecule has 7 nitrogen and oxygen atoms in total. The van der Waals surface area contributed by atoms with E-state index in [1.807, 2.05) is 16.7 Å². The van der Waals surface area contributed by atoms with Crippen molar-refractivity contribution in [2.75, 3.05) is 11.1 Å². The van der Waals surface area contributed by atoms with Crippen LogP contribution in [0.5, 0.6) is 5.75 Å². The molecule has 0 fully saturated rings. The van der Waals surface area contributed by atoms with Gasteiger partial charge in [-0.25, -0.2) is 0 Å². The number of hydrogen-bond acceptors (Lipinski definition) is 6. The number of carbonyl (C=O) groups excluding carboxylic acids is 1. The van der Waals surface area contributed by atoms with Crippen LogP contribution in [0.25, 0.3) is 0 Å². The monoisotopic (exact) mass is 449 g/mol. The molecule has 0 saturated heterocycles. The van der Waals surface area contributed by atoms with Crippen molar-refractivity contribution in [3.05, 3.63) is 65.5 Å². The molecular formula is C24H27N5O2S. The van der Waals surface area contributed by atoms with E-state index in [1.54, 1.807) is 24.3 Å². The Morgan fingerprint density at radius 2 is 1.94 bits per heavy atom. The fraction of sp³-hybridized carbons (Fsp3) is 0.333. The van der Waals surface area contributed by atoms with E-state index in [1.165, 1.54) is 17.3 Å². The third kappa shape index (κ3) is 6.34. The Labute approximate surface area is 192 Å². The zero-order valence-corrected chi connectivity index (χ0v) is 19.4. The molecule has 0 aliphatic heterocycles. The number of amides is 1. The van der Waals surface area contributed by atoms with Gasteiger partial charge in [-0.2, -0.15) is 5.26 Å². The maximum absolute atomic E-state index is 12.4. The van der Waals surface area contributed by atoms with Crippen molar-refractivity contribution >= 4 is 23.4 Å². The lowest BCUT2D eigenvalue weighted by Gasteiger charge is -2.13. The van der Waals surface area contributed by atoms with Gasteiger partial charge in [-0.05, 0) is 42.2 Å². The average Bonchev–Trinajstić information content (AvgIpc) is 3.17. The lowest BCUT2D eigenvalue weighted by atomic mass is 10.2. The molecular weight excluding hydrogens is 422 g/mol. The van der Waals surface area contributed by atoms with Gasteiger partial charge in [0.15, 0.2) is 11.0 Å². The summed E-state index contributed by atoms with van der Waals surface area (Å²) in [6.45, 7) is 7.38. The first-order chi connectivity index (χ1) is 15.5. The minimum Gasteiger partial charge on any atom is -0.486 e. The number of ether oxygens (including phenoxy) is 1. The highest BCUT2D eigenvalue weighted by Crippen LogP contribution is 2.21. The molecule has 1 N–H and O–H groups in total. The second kappa shape index (κ2) is 11.3. The van der Waals surface area contributed by atoms with Crippen LogP contribution in [-0.4, -0.2) is 26.4 Å². The standard InChI is InChI=1S/C24H27N5O2S/c1-4-18-9-11-20(12-10-18)31-15-22-27-28-24(29(22)14-17(2)3)32-16-23(30)26-21-8-6-5-7-19(21)13-25/h5-12,17H,4,14-16H2,1-3H3,(H,26,30). The van der Waals surface area contributed by atoms with Crippen LogP contribution >= 0.6 is 11.8 Å². The predicted molar refractivity (Wildman–Crippen MR) is 126 cm³/mol. The van der Waals surface area contributed by atoms with Crippen molar-refractivity contribution in [2.24, 2.45) is 5.92 Å². The van der Waals surface area contributed by atoms with E-state index >= 15 is 0 Å². The molecule has 166 valence electrons. The largest absolute Gasteiger partial charge is 0.486 e. The third-order valence-electron chi connectivity index (χ3n) is 4.69. The molecule has 0 saturated carbocycles. The summed E-state index contributed by atoms with van der Waals surface area (Å²) >= 11 is 1.32. The van der Waals surface area contributed by atoms with Crippen LogP contribution in [0.4, 0.5) is 5.69 Å². The molecule has 1 aromatic heterocycles. The molecule has 0 bridgehead atoms. The molecule has 0 unspecified atom stereocenters. The fourth-order valence-electron chi connectivity index (χ4n) is 3.06. The number of thioether (sulfide) groups is 1. The Balaban J connectivity index is 1.64. The molecule has 2 aromatic carbocycles. The van der Waals surface area contributed by atoms with Crippen LogP contribution in [0.15, 0.2) is 53.7 Å². The van der Waals surface area contributed by atoms with Crippen LogP contribution < -0.4 is 10.1 Å². The first-order valence-electron chi connectivity index (χ1n) is 10.6. The lowest BCUT2D eigenvalue weighted by molar-refractivity contribution is -0.113. The van der Waals surface area contributed by atoms with Gasteiger partial charge in [0.2, 0.25) is 5.91 Å². The Kier molecular flexibility index (Phi) is 8.28. The highest BCUT2D eigenvalue weighted by Gasteiger charge is 2.16. The highest BCUT2D eigenvalue weighted by molar-refractivity contribution is 7.99. The minimum absolute atomic E-state index is 0.162. The zero-order valence-electron chi connectivity index (χ0n) is 18.5. The molecule has 3 rings (SSSR count). The van der Waals surface area contributed by atoms with E-state index < -0.39 is 0 Å². The number of nitrogens with zero attached hydrogens (tertiary/aromatic N) is 4. The number of nitrogens with one attached hydrogen (secondary N) is 1. The Morgan fingerprint density at radius 3 is 2.62 bits per heavy atom. The predicted octanol–water partition coefficient (Wildman–Crippen LogP) is 4.68. The molecule has 8 heteroatoms. The van der Waals surface area contributed by atoms with Gasteiger partial charge < -0.3 is 14.6 Å². The van der Waals surface area contributed by atoms with E-state index in [0.717, 1.165) is 24.5 Å². The quantitative estimate of drug-likeness (QED) is 0.452. The van der Waals surface area contributed by atoms with Crippen LogP contribution in [0.3, 0.4) is 0 Å². The van der Waals surface area contributed by atoms with Gasteiger partial charge in [-0.3, -0.25) is 4.79 Å². The van der Waals surface area contributed by atoms with Crippen LogP contribution in [0.2, 0.25) is 0 Å². The van der Waals surface area contributed by atoms with E-state index in [9.17, 15) is 10.1 Å². The van der Waals surface area contributed by atoms with Gasteiger partial charge in [0.05, 0.1) is 17.0 Å². The number of benzene rings is 2. The van der Waals surface area contributed by atoms with Gasteiger partial charge in [-0.15, -0.1) is 10.2 Å². The van der Waals surface area contributed by atoms with E-state index in [4.69, 9.17) is 4.74 Å². The highest BCUT2D eigenvalue weighted by atomic mass is 32.2. The summed E-state index contributed by atoms with van der Waals surface area (Å²) in [6, 6.07) is 17.0. The average molecular weight is 450 g/mol. The smallest absolute Gasteiger partial charge is 0.234 e. The summed E-state index contributed by atoms with van der Waals surface area (Å²) in [4.78, 5) is 12.4. The number of carbonyl (C=O) groups is 1. The molecule has 0 spiro atoms. The van der Waals surface area contributed by atoms with Gasteiger partial charge >= 0.3 is 0 Å². The molecule has 0 aliphatic carbocycles. The molecule has 1 heterocycles. The van der Waals surface area contributed by atoms with Crippen molar-refractivity contribution < 1.29 is 9.53 Å². The third-order valence-corrected chi connectivity index (χ3v) is 5.66. The SMILES string of the molecule is CCc1ccc(OCc2nnc(SCC(=O)Nc3ccccc3C#N)n2CC(C)C)cc1. The second-order valence-corrected chi connectivity index (χ2v) is 8.63. The molecule has 0 atom stereocenters. The summed E-state index contributed by atoms with van der Waals surface area (Å²) in [5.74, 6) is 1.84. The summed E-state index contributed by atoms with van der Waals surface area (Å²) in [7, 11) is 0. The molecule has 3 aromatic rings. The maximum atomic E-state index is 12.4. The second-order valence-electron chi connectivity index (χ2n) is 7.68. The number of nitriles is 1. The van der Waals surface area contributed by atoms with Gasteiger partial charge in [-0.1, -0.05) is 56.8 Å². The van der Waals surface area contributed by atoms with E-state index in [0.29, 0.717) is 28.9 Å². The summed E-state index contributed by atoms with van der Waals surface area (Å²) in [6.07, 6.45) is 0.985. The van der Waals surface area contributed by atoms with E-state index in [2.05, 4.69) is 54.5 Å². The van der Waals surface area contributed by atoms with Gasteiger partial charge in [0.1, 0.15) is 18.4 Å². The zero-order chi connectivity index (χ0) is 22.9. The maximum Gasteiger partial charge on any atom is 0.234 e. The van der Waals surface area contributed by atoms with Gasteiger partial charge in [0.25, 0.3) is 0 Å². The van der Waals surface area contributed by atoms with Crippen molar-refractivity contribution in [1.29, 1.82) is 5.26 Å². The number of hydrogen-bond donors (Lipinski definition) is 1. The normalized spacial score (nSPS) is 10.7. The summed E-state index contributed by atoms with van der Waals surface area (Å²) in [5.41, 5.74) is 2.20. The molecule has 0 aliphatic rings. The lowest BCUT2D eigenvalue weighted by Crippen LogP contribution is -2.16. The van der Waals surface area contributed by atoms with E-state index in [-0.39, 0.29) is 11.7 Å². The van der Waals surface area contributed by atoms with Gasteiger partial charge in [0, 0.05) is 6.54 Å². The number of rotatable bonds is 10. The summed E-state index contributed by atoms with van der Waals surface area (Å²) in [5, 5.41) is 21.2. The van der Waals surface area contributed by atoms with Crippen molar-refractivity contribution in [1.82, 2.24) is 14.8 Å². The first kappa shape index (κ1) is 23.4. The first-order valence-corrected chi connectivity index (χ1v) is 11.5. The Hall–Kier alpha value is -3.31. The molecule has 32 heavy (non-hydrogen) atoms. The van der Waals surface area contributed by atoms with Crippen molar-refractivity contribution in [3.63, 3.8) is 0 Å². The molecule has 1 amide bonds. The Bertz CT molecular complexity index is 1090. The fourth-order valence-corrected chi connectivity index (χ4v) is 3.82. The van der Waals surface area contributed by atoms with Crippen LogP contribution in [0.1, 0.15) is 37.7 Å². The van der Waals surface area contributed by atoms with Crippen molar-refractivity contribution in [3.8, 4) is 11.8 Å². The van der Waals surface area contributed by atoms with Crippen LogP contribution in [0, 0.1) is 17.2 Å². The number of aryl methyl sites for hydroxylation is 1. The van der Waals surface area contributed by atoms with Crippen LogP contribution in [-0.2, 0) is 24.4 Å². The number of para-hydroxylation sites is 1.